The molecule has 2 aromatic rings. The summed E-state index contributed by atoms with van der Waals surface area (Å²) < 4.78 is 7.28. The van der Waals surface area contributed by atoms with Gasteiger partial charge in [0.2, 0.25) is 5.69 Å². The molecular formula is C24H29N3O3. The highest BCUT2D eigenvalue weighted by Crippen LogP contribution is 2.52. The Kier molecular flexibility index (Phi) is 4.37. The van der Waals surface area contributed by atoms with E-state index >= 15 is 0 Å². The van der Waals surface area contributed by atoms with Crippen molar-refractivity contribution in [2.75, 3.05) is 6.54 Å². The molecule has 2 bridgehead atoms. The molecule has 0 radical (unpaired) electrons. The summed E-state index contributed by atoms with van der Waals surface area (Å²) in [6.07, 6.45) is 11.8. The van der Waals surface area contributed by atoms with Crippen LogP contribution in [0.3, 0.4) is 0 Å². The molecule has 1 N–H and O–H groups in total. The number of aliphatic hydroxyl groups is 1. The Hall–Kier alpha value is -2.02. The van der Waals surface area contributed by atoms with Crippen LogP contribution in [0.2, 0.25) is 0 Å². The minimum atomic E-state index is -0.670. The molecular weight excluding hydrogens is 378 g/mol. The van der Waals surface area contributed by atoms with Crippen LogP contribution in [0, 0.1) is 11.1 Å². The van der Waals surface area contributed by atoms with Gasteiger partial charge in [-0.2, -0.15) is 4.73 Å². The monoisotopic (exact) mass is 407 g/mol. The lowest BCUT2D eigenvalue weighted by atomic mass is 9.80. The van der Waals surface area contributed by atoms with Gasteiger partial charge < -0.3 is 15.1 Å². The standard InChI is InChI=1S/C24H29N3O3/c28-22-10-16(3-4-17-2-1-9-27(29)23(17)22)14-26-19-5-6-20(26)12-24(11-19)21-13-25-8-7-18(21)15-30-24/h1-2,7-9,13,16,19-20,22,28H,3-6,10-12,14-15H2/t16-,19?,20?,22-,24?/m1/s1. The van der Waals surface area contributed by atoms with Crippen molar-refractivity contribution in [1.82, 2.24) is 9.88 Å². The van der Waals surface area contributed by atoms with Gasteiger partial charge in [-0.1, -0.05) is 0 Å². The van der Waals surface area contributed by atoms with Crippen LogP contribution in [-0.2, 0) is 23.4 Å². The molecule has 2 saturated heterocycles. The van der Waals surface area contributed by atoms with E-state index in [1.165, 1.54) is 30.2 Å². The highest BCUT2D eigenvalue weighted by molar-refractivity contribution is 5.34. The summed E-state index contributed by atoms with van der Waals surface area (Å²) in [6, 6.07) is 6.94. The Balaban J connectivity index is 1.19. The molecule has 158 valence electrons. The Morgan fingerprint density at radius 3 is 2.87 bits per heavy atom. The lowest BCUT2D eigenvalue weighted by molar-refractivity contribution is -0.619. The number of piperidine rings is 1. The fraction of sp³-hybridized carbons (Fsp3) is 0.583. The van der Waals surface area contributed by atoms with Crippen LogP contribution in [-0.4, -0.2) is 33.6 Å². The number of nitrogens with zero attached hydrogens (tertiary/aromatic N) is 3. The number of fused-ring (bicyclic) bond motifs is 5. The Morgan fingerprint density at radius 2 is 2.03 bits per heavy atom. The Morgan fingerprint density at radius 1 is 1.20 bits per heavy atom. The number of hydrogen-bond donors (Lipinski definition) is 1. The predicted octanol–water partition coefficient (Wildman–Crippen LogP) is 2.75. The lowest BCUT2D eigenvalue weighted by Crippen LogP contribution is -2.51. The zero-order valence-electron chi connectivity index (χ0n) is 17.2. The normalized spacial score (nSPS) is 35.2. The molecule has 4 aliphatic rings. The smallest absolute Gasteiger partial charge is 0.224 e. The summed E-state index contributed by atoms with van der Waals surface area (Å²) in [5, 5.41) is 23.0. The van der Waals surface area contributed by atoms with Gasteiger partial charge >= 0.3 is 0 Å². The third kappa shape index (κ3) is 2.88. The fourth-order valence-electron chi connectivity index (χ4n) is 6.67. The van der Waals surface area contributed by atoms with Crippen LogP contribution < -0.4 is 4.73 Å². The van der Waals surface area contributed by atoms with Crippen LogP contribution in [0.4, 0.5) is 0 Å². The molecule has 0 amide bonds. The molecule has 30 heavy (non-hydrogen) atoms. The summed E-state index contributed by atoms with van der Waals surface area (Å²) in [6.45, 7) is 1.72. The van der Waals surface area contributed by atoms with Crippen LogP contribution in [0.1, 0.15) is 67.0 Å². The lowest BCUT2D eigenvalue weighted by Gasteiger charge is -2.45. The molecule has 5 heterocycles. The quantitative estimate of drug-likeness (QED) is 0.471. The van der Waals surface area contributed by atoms with Crippen LogP contribution >= 0.6 is 0 Å². The fourth-order valence-corrected chi connectivity index (χ4v) is 6.67. The highest BCUT2D eigenvalue weighted by atomic mass is 16.5. The van der Waals surface area contributed by atoms with Crippen molar-refractivity contribution in [2.45, 2.75) is 75.3 Å². The number of ether oxygens (including phenoxy) is 1. The number of rotatable bonds is 2. The van der Waals surface area contributed by atoms with E-state index < -0.39 is 6.10 Å². The SMILES string of the molecule is [O-][n+]1cccc2c1[C@H](O)C[C@H](CN1C3CCC1CC1(C3)OCc3ccncc31)CC2. The third-order valence-electron chi connectivity index (χ3n) is 8.06. The molecule has 0 aromatic carbocycles. The van der Waals surface area contributed by atoms with Crippen LogP contribution in [0.5, 0.6) is 0 Å². The van der Waals surface area contributed by atoms with E-state index in [0.717, 1.165) is 42.5 Å². The van der Waals surface area contributed by atoms with E-state index in [2.05, 4.69) is 16.0 Å². The maximum Gasteiger partial charge on any atom is 0.224 e. The maximum atomic E-state index is 12.2. The summed E-state index contributed by atoms with van der Waals surface area (Å²) in [7, 11) is 0. The third-order valence-corrected chi connectivity index (χ3v) is 8.06. The number of aryl methyl sites for hydroxylation is 1. The van der Waals surface area contributed by atoms with E-state index in [1.54, 1.807) is 6.07 Å². The first-order chi connectivity index (χ1) is 14.6. The van der Waals surface area contributed by atoms with Crippen molar-refractivity contribution in [2.24, 2.45) is 5.92 Å². The van der Waals surface area contributed by atoms with Crippen molar-refractivity contribution in [3.05, 3.63) is 64.4 Å². The van der Waals surface area contributed by atoms with Gasteiger partial charge in [-0.3, -0.25) is 9.88 Å². The first kappa shape index (κ1) is 18.7. The zero-order chi connectivity index (χ0) is 20.3. The van der Waals surface area contributed by atoms with E-state index in [4.69, 9.17) is 4.74 Å². The van der Waals surface area contributed by atoms with Crippen LogP contribution in [0.25, 0.3) is 0 Å². The van der Waals surface area contributed by atoms with Gasteiger partial charge in [-0.05, 0) is 68.6 Å². The van der Waals surface area contributed by atoms with Crippen molar-refractivity contribution < 1.29 is 14.6 Å². The molecule has 2 fully saturated rings. The van der Waals surface area contributed by atoms with Crippen molar-refractivity contribution in [1.29, 1.82) is 0 Å². The number of aromatic nitrogens is 2. The summed E-state index contributed by atoms with van der Waals surface area (Å²) in [4.78, 5) is 7.08. The molecule has 1 spiro atoms. The Labute approximate surface area is 177 Å². The molecule has 1 aliphatic carbocycles. The molecule has 4 atom stereocenters. The number of hydrogen-bond acceptors (Lipinski definition) is 5. The average molecular weight is 408 g/mol. The summed E-state index contributed by atoms with van der Waals surface area (Å²) in [5.74, 6) is 0.406. The number of pyridine rings is 2. The number of aliphatic hydroxyl groups excluding tert-OH is 1. The average Bonchev–Trinajstić information content (AvgIpc) is 3.13. The molecule has 6 rings (SSSR count). The first-order valence-corrected chi connectivity index (χ1v) is 11.3. The van der Waals surface area contributed by atoms with Crippen molar-refractivity contribution in [3.63, 3.8) is 0 Å². The van der Waals surface area contributed by atoms with Gasteiger partial charge in [0.15, 0.2) is 6.20 Å². The van der Waals surface area contributed by atoms with E-state index in [-0.39, 0.29) is 5.60 Å². The molecule has 6 heteroatoms. The second-order valence-corrected chi connectivity index (χ2v) is 9.71. The largest absolute Gasteiger partial charge is 0.618 e. The minimum absolute atomic E-state index is 0.154. The molecule has 0 saturated carbocycles. The van der Waals surface area contributed by atoms with Gasteiger partial charge in [0.25, 0.3) is 0 Å². The Bertz CT molecular complexity index is 950. The minimum Gasteiger partial charge on any atom is -0.618 e. The van der Waals surface area contributed by atoms with Gasteiger partial charge in [-0.25, -0.2) is 0 Å². The van der Waals surface area contributed by atoms with Crippen LogP contribution in [0.15, 0.2) is 36.8 Å². The van der Waals surface area contributed by atoms with Gasteiger partial charge in [0, 0.05) is 48.2 Å². The maximum absolute atomic E-state index is 12.2. The van der Waals surface area contributed by atoms with Crippen molar-refractivity contribution >= 4 is 0 Å². The molecule has 2 aromatic heterocycles. The first-order valence-electron chi connectivity index (χ1n) is 11.3. The zero-order valence-corrected chi connectivity index (χ0v) is 17.2. The predicted molar refractivity (Wildman–Crippen MR) is 110 cm³/mol. The molecule has 3 aliphatic heterocycles. The second kappa shape index (κ2) is 7.01. The van der Waals surface area contributed by atoms with Gasteiger partial charge in [-0.15, -0.1) is 0 Å². The van der Waals surface area contributed by atoms with Crippen molar-refractivity contribution in [3.8, 4) is 0 Å². The van der Waals surface area contributed by atoms with E-state index in [1.807, 2.05) is 18.5 Å². The van der Waals surface area contributed by atoms with E-state index in [9.17, 15) is 10.3 Å². The molecule has 2 unspecified atom stereocenters. The summed E-state index contributed by atoms with van der Waals surface area (Å²) >= 11 is 0. The summed E-state index contributed by atoms with van der Waals surface area (Å²) in [5.41, 5.74) is 4.02. The van der Waals surface area contributed by atoms with Gasteiger partial charge in [0.1, 0.15) is 6.10 Å². The van der Waals surface area contributed by atoms with Gasteiger partial charge in [0.05, 0.1) is 12.2 Å². The second-order valence-electron chi connectivity index (χ2n) is 9.71. The van der Waals surface area contributed by atoms with E-state index in [0.29, 0.717) is 36.7 Å². The topological polar surface area (TPSA) is 72.5 Å². The highest BCUT2D eigenvalue weighted by Gasteiger charge is 2.53. The molecule has 6 nitrogen and oxygen atoms in total.